The number of carbonyl (C=O) groups excluding carboxylic acids is 1. The van der Waals surface area contributed by atoms with E-state index >= 15 is 0 Å². The molecular formula is C26H26ClN3O3S. The number of rotatable bonds is 8. The number of nitrogens with zero attached hydrogens (tertiary/aromatic N) is 2. The minimum absolute atomic E-state index is 0.260. The summed E-state index contributed by atoms with van der Waals surface area (Å²) in [7, 11) is 0. The lowest BCUT2D eigenvalue weighted by Crippen LogP contribution is -2.41. The van der Waals surface area contributed by atoms with Gasteiger partial charge in [0.25, 0.3) is 5.91 Å². The molecule has 34 heavy (non-hydrogen) atoms. The zero-order chi connectivity index (χ0) is 23.9. The van der Waals surface area contributed by atoms with Gasteiger partial charge in [-0.1, -0.05) is 31.0 Å². The van der Waals surface area contributed by atoms with Crippen molar-refractivity contribution in [3.63, 3.8) is 0 Å². The van der Waals surface area contributed by atoms with Gasteiger partial charge >= 0.3 is 0 Å². The quantitative estimate of drug-likeness (QED) is 0.315. The van der Waals surface area contributed by atoms with Crippen molar-refractivity contribution in [2.75, 3.05) is 11.4 Å². The number of unbranched alkanes of at least 4 members (excludes halogenated alkanes) is 1. The van der Waals surface area contributed by atoms with E-state index in [1.54, 1.807) is 36.7 Å². The monoisotopic (exact) mass is 495 g/mol. The second kappa shape index (κ2) is 11.3. The summed E-state index contributed by atoms with van der Waals surface area (Å²) in [5.74, 6) is 1.21. The maximum Gasteiger partial charge on any atom is 0.257 e. The van der Waals surface area contributed by atoms with Crippen molar-refractivity contribution in [3.05, 3.63) is 83.1 Å². The third-order valence-electron chi connectivity index (χ3n) is 5.53. The second-order valence-corrected chi connectivity index (χ2v) is 8.74. The molecule has 1 aromatic heterocycles. The highest BCUT2D eigenvalue weighted by atomic mass is 35.5. The third kappa shape index (κ3) is 5.85. The highest BCUT2D eigenvalue weighted by Crippen LogP contribution is 2.36. The molecule has 4 rings (SSSR count). The van der Waals surface area contributed by atoms with Crippen LogP contribution in [-0.2, 0) is 6.42 Å². The first kappa shape index (κ1) is 24.0. The van der Waals surface area contributed by atoms with Gasteiger partial charge in [-0.25, -0.2) is 0 Å². The molecule has 1 amide bonds. The van der Waals surface area contributed by atoms with Gasteiger partial charge in [0.15, 0.2) is 5.11 Å². The summed E-state index contributed by atoms with van der Waals surface area (Å²) in [6.07, 6.45) is 6.24. The molecule has 1 N–H and O–H groups in total. The summed E-state index contributed by atoms with van der Waals surface area (Å²) >= 11 is 11.6. The van der Waals surface area contributed by atoms with Crippen LogP contribution in [0.5, 0.6) is 11.5 Å². The Kier molecular flexibility index (Phi) is 7.98. The number of carbonyl (C=O) groups is 1. The first-order valence-corrected chi connectivity index (χ1v) is 12.1. The summed E-state index contributed by atoms with van der Waals surface area (Å²) in [5, 5.41) is 3.84. The first-order chi connectivity index (χ1) is 16.5. The molecule has 0 saturated carbocycles. The molecule has 0 aliphatic carbocycles. The van der Waals surface area contributed by atoms with Gasteiger partial charge in [0.2, 0.25) is 6.29 Å². The van der Waals surface area contributed by atoms with Gasteiger partial charge in [-0.15, -0.1) is 0 Å². The molecule has 3 aromatic rings. The highest BCUT2D eigenvalue weighted by Gasteiger charge is 2.27. The predicted octanol–water partition coefficient (Wildman–Crippen LogP) is 5.79. The molecular weight excluding hydrogens is 470 g/mol. The summed E-state index contributed by atoms with van der Waals surface area (Å²) < 4.78 is 12.5. The lowest BCUT2D eigenvalue weighted by Gasteiger charge is -2.23. The Balaban J connectivity index is 1.48. The van der Waals surface area contributed by atoms with Gasteiger partial charge in [0.05, 0.1) is 5.69 Å². The zero-order valence-electron chi connectivity index (χ0n) is 18.9. The third-order valence-corrected chi connectivity index (χ3v) is 6.10. The predicted molar refractivity (Wildman–Crippen MR) is 138 cm³/mol. The second-order valence-electron chi connectivity index (χ2n) is 7.91. The number of benzene rings is 2. The van der Waals surface area contributed by atoms with E-state index in [4.69, 9.17) is 33.3 Å². The minimum Gasteiger partial charge on any atom is -0.455 e. The van der Waals surface area contributed by atoms with Crippen molar-refractivity contribution in [1.29, 1.82) is 0 Å². The van der Waals surface area contributed by atoms with Gasteiger partial charge in [-0.05, 0) is 73.6 Å². The lowest BCUT2D eigenvalue weighted by molar-refractivity contribution is -0.00265. The van der Waals surface area contributed by atoms with E-state index < -0.39 is 6.29 Å². The van der Waals surface area contributed by atoms with Crippen LogP contribution in [0.15, 0.2) is 67.0 Å². The van der Waals surface area contributed by atoms with Crippen molar-refractivity contribution >= 4 is 40.5 Å². The van der Waals surface area contributed by atoms with Gasteiger partial charge in [0.1, 0.15) is 11.5 Å². The number of nitrogens with one attached hydrogen (secondary N) is 1. The summed E-state index contributed by atoms with van der Waals surface area (Å²) in [4.78, 5) is 18.4. The molecule has 2 aromatic carbocycles. The van der Waals surface area contributed by atoms with Gasteiger partial charge in [-0.2, -0.15) is 0 Å². The van der Waals surface area contributed by atoms with Crippen LogP contribution in [0.25, 0.3) is 0 Å². The summed E-state index contributed by atoms with van der Waals surface area (Å²) in [5.41, 5.74) is 2.48. The number of anilines is 1. The number of hydrogen-bond donors (Lipinski definition) is 1. The molecule has 0 bridgehead atoms. The van der Waals surface area contributed by atoms with Crippen molar-refractivity contribution in [1.82, 2.24) is 10.3 Å². The smallest absolute Gasteiger partial charge is 0.257 e. The normalized spacial score (nSPS) is 13.2. The maximum atomic E-state index is 12.5. The molecule has 8 heteroatoms. The molecule has 6 nitrogen and oxygen atoms in total. The Morgan fingerprint density at radius 3 is 2.65 bits per heavy atom. The average molecular weight is 496 g/mol. The van der Waals surface area contributed by atoms with Crippen LogP contribution >= 0.6 is 23.8 Å². The van der Waals surface area contributed by atoms with E-state index in [-0.39, 0.29) is 5.91 Å². The Bertz CT molecular complexity index is 1140. The highest BCUT2D eigenvalue weighted by molar-refractivity contribution is 7.80. The van der Waals surface area contributed by atoms with Gasteiger partial charge in [-0.3, -0.25) is 15.1 Å². The Morgan fingerprint density at radius 2 is 1.91 bits per heavy atom. The van der Waals surface area contributed by atoms with E-state index in [0.29, 0.717) is 28.0 Å². The molecule has 1 atom stereocenters. The minimum atomic E-state index is -0.431. The molecule has 0 saturated heterocycles. The Labute approximate surface area is 209 Å². The number of thiocarbonyl (C=S) groups is 1. The fourth-order valence-electron chi connectivity index (χ4n) is 3.78. The van der Waals surface area contributed by atoms with Gasteiger partial charge in [0, 0.05) is 41.5 Å². The molecule has 0 fully saturated rings. The number of ether oxygens (including phenoxy) is 2. The SMILES string of the molecule is CCCCC(Oc1ccc(Cl)cc1)Oc1cccc2c1CCN2C(=S)NC(=O)c1ccncc1. The van der Waals surface area contributed by atoms with Crippen LogP contribution in [0.1, 0.15) is 42.1 Å². The molecule has 1 aliphatic rings. The van der Waals surface area contributed by atoms with Crippen molar-refractivity contribution in [3.8, 4) is 11.5 Å². The molecule has 0 spiro atoms. The van der Waals surface area contributed by atoms with Crippen molar-refractivity contribution in [2.24, 2.45) is 0 Å². The topological polar surface area (TPSA) is 63.7 Å². The number of amides is 1. The van der Waals surface area contributed by atoms with E-state index in [9.17, 15) is 4.79 Å². The fraction of sp³-hybridized carbons (Fsp3) is 0.269. The zero-order valence-corrected chi connectivity index (χ0v) is 20.4. The maximum absolute atomic E-state index is 12.5. The van der Waals surface area contributed by atoms with Gasteiger partial charge < -0.3 is 14.4 Å². The van der Waals surface area contributed by atoms with Crippen LogP contribution in [0, 0.1) is 0 Å². The Hall–Kier alpha value is -3.16. The molecule has 2 heterocycles. The number of aromatic nitrogens is 1. The fourth-order valence-corrected chi connectivity index (χ4v) is 4.19. The largest absolute Gasteiger partial charge is 0.455 e. The number of halogens is 1. The van der Waals surface area contributed by atoms with Crippen LogP contribution in [0.3, 0.4) is 0 Å². The summed E-state index contributed by atoms with van der Waals surface area (Å²) in [6, 6.07) is 16.4. The van der Waals surface area contributed by atoms with Crippen molar-refractivity contribution in [2.45, 2.75) is 38.9 Å². The van der Waals surface area contributed by atoms with Crippen molar-refractivity contribution < 1.29 is 14.3 Å². The number of hydrogen-bond acceptors (Lipinski definition) is 5. The molecule has 1 unspecified atom stereocenters. The Morgan fingerprint density at radius 1 is 1.15 bits per heavy atom. The van der Waals surface area contributed by atoms with E-state index in [1.165, 1.54) is 0 Å². The van der Waals surface area contributed by atoms with Crippen LogP contribution in [-0.4, -0.2) is 28.8 Å². The number of pyridine rings is 1. The molecule has 1 aliphatic heterocycles. The van der Waals surface area contributed by atoms with E-state index in [2.05, 4.69) is 17.2 Å². The lowest BCUT2D eigenvalue weighted by atomic mass is 10.1. The van der Waals surface area contributed by atoms with Crippen LogP contribution in [0.4, 0.5) is 5.69 Å². The van der Waals surface area contributed by atoms with E-state index in [1.807, 2.05) is 35.2 Å². The van der Waals surface area contributed by atoms with Crippen LogP contribution in [0.2, 0.25) is 5.02 Å². The van der Waals surface area contributed by atoms with E-state index in [0.717, 1.165) is 42.7 Å². The molecule has 0 radical (unpaired) electrons. The summed E-state index contributed by atoms with van der Waals surface area (Å²) in [6.45, 7) is 2.79. The first-order valence-electron chi connectivity index (χ1n) is 11.3. The standard InChI is InChI=1S/C26H26ClN3O3S/c1-2-3-7-24(32-20-10-8-19(27)9-11-20)33-23-6-4-5-22-21(23)14-17-30(22)26(34)29-25(31)18-12-15-28-16-13-18/h4-6,8-13,15-16,24H,2-3,7,14,17H2,1H3,(H,29,31,34). The number of fused-ring (bicyclic) bond motifs is 1. The molecule has 176 valence electrons. The van der Waals surface area contributed by atoms with Crippen LogP contribution < -0.4 is 19.7 Å². The average Bonchev–Trinajstić information content (AvgIpc) is 3.30.